The van der Waals surface area contributed by atoms with Crippen LogP contribution in [0.3, 0.4) is 0 Å². The van der Waals surface area contributed by atoms with E-state index in [0.717, 1.165) is 31.9 Å². The maximum atomic E-state index is 9.33. The molecule has 1 aromatic rings. The Morgan fingerprint density at radius 2 is 2.28 bits per heavy atom. The van der Waals surface area contributed by atoms with Crippen LogP contribution in [-0.4, -0.2) is 48.9 Å². The summed E-state index contributed by atoms with van der Waals surface area (Å²) in [6.45, 7) is 6.46. The number of hydrogen-bond donors (Lipinski definition) is 2. The van der Waals surface area contributed by atoms with Crippen molar-refractivity contribution in [2.24, 2.45) is 0 Å². The molecule has 1 aliphatic heterocycles. The lowest BCUT2D eigenvalue weighted by Crippen LogP contribution is -2.43. The summed E-state index contributed by atoms with van der Waals surface area (Å²) < 4.78 is 5.73. The number of para-hydroxylation sites is 1. The van der Waals surface area contributed by atoms with Crippen molar-refractivity contribution in [3.63, 3.8) is 0 Å². The van der Waals surface area contributed by atoms with Crippen LogP contribution in [0.4, 0.5) is 0 Å². The van der Waals surface area contributed by atoms with Gasteiger partial charge in [-0.1, -0.05) is 25.1 Å². The van der Waals surface area contributed by atoms with Crippen LogP contribution in [0, 0.1) is 0 Å². The Morgan fingerprint density at radius 1 is 1.44 bits per heavy atom. The lowest BCUT2D eigenvalue weighted by molar-refractivity contribution is 0.167. The summed E-state index contributed by atoms with van der Waals surface area (Å²) in [7, 11) is 0. The average molecular weight is 250 g/mol. The Labute approximate surface area is 109 Å². The number of aliphatic hydroxyl groups excluding tert-OH is 1. The molecule has 18 heavy (non-hydrogen) atoms. The van der Waals surface area contributed by atoms with Gasteiger partial charge in [-0.05, 0) is 12.6 Å². The number of likely N-dealkylation sites (N-methyl/N-ethyl adjacent to an activating group) is 1. The van der Waals surface area contributed by atoms with Gasteiger partial charge in [-0.3, -0.25) is 4.90 Å². The van der Waals surface area contributed by atoms with E-state index in [1.54, 1.807) is 0 Å². The summed E-state index contributed by atoms with van der Waals surface area (Å²) in [5, 5.41) is 12.6. The monoisotopic (exact) mass is 250 g/mol. The molecule has 1 aliphatic rings. The lowest BCUT2D eigenvalue weighted by atomic mass is 10.2. The summed E-state index contributed by atoms with van der Waals surface area (Å²) in [5.41, 5.74) is 1.23. The molecule has 1 unspecified atom stereocenters. The minimum Gasteiger partial charge on any atom is -0.492 e. The molecule has 0 bridgehead atoms. The molecule has 0 spiro atoms. The van der Waals surface area contributed by atoms with Crippen LogP contribution >= 0.6 is 0 Å². The number of ether oxygens (including phenoxy) is 1. The van der Waals surface area contributed by atoms with E-state index in [-0.39, 0.29) is 12.6 Å². The molecule has 1 aromatic carbocycles. The number of benzene rings is 1. The van der Waals surface area contributed by atoms with Crippen LogP contribution < -0.4 is 10.1 Å². The molecule has 1 heterocycles. The Kier molecular flexibility index (Phi) is 4.99. The SMILES string of the molecule is CCNC(CO)CN1CCOc2ccccc2C1. The summed E-state index contributed by atoms with van der Waals surface area (Å²) in [6, 6.07) is 8.31. The standard InChI is InChI=1S/C14H22N2O2/c1-2-15-13(11-17)10-16-7-8-18-14-6-4-3-5-12(14)9-16/h3-6,13,15,17H,2,7-11H2,1H3. The van der Waals surface area contributed by atoms with Gasteiger partial charge in [-0.25, -0.2) is 0 Å². The van der Waals surface area contributed by atoms with Gasteiger partial charge in [0.2, 0.25) is 0 Å². The first-order valence-corrected chi connectivity index (χ1v) is 6.60. The molecule has 0 aliphatic carbocycles. The van der Waals surface area contributed by atoms with E-state index >= 15 is 0 Å². The van der Waals surface area contributed by atoms with E-state index < -0.39 is 0 Å². The summed E-state index contributed by atoms with van der Waals surface area (Å²) >= 11 is 0. The van der Waals surface area contributed by atoms with Crippen molar-refractivity contribution < 1.29 is 9.84 Å². The number of nitrogens with zero attached hydrogens (tertiary/aromatic N) is 1. The number of aliphatic hydroxyl groups is 1. The minimum absolute atomic E-state index is 0.139. The van der Waals surface area contributed by atoms with Crippen LogP contribution in [0.5, 0.6) is 5.75 Å². The fourth-order valence-electron chi connectivity index (χ4n) is 2.32. The Balaban J connectivity index is 1.99. The predicted octanol–water partition coefficient (Wildman–Crippen LogP) is 0.851. The maximum absolute atomic E-state index is 9.33. The second kappa shape index (κ2) is 6.73. The topological polar surface area (TPSA) is 44.7 Å². The van der Waals surface area contributed by atoms with Crippen molar-refractivity contribution in [3.05, 3.63) is 29.8 Å². The highest BCUT2D eigenvalue weighted by Gasteiger charge is 2.17. The molecule has 0 fully saturated rings. The molecule has 0 saturated heterocycles. The Bertz CT molecular complexity index is 371. The second-order valence-electron chi connectivity index (χ2n) is 4.63. The summed E-state index contributed by atoms with van der Waals surface area (Å²) in [6.07, 6.45) is 0. The fraction of sp³-hybridized carbons (Fsp3) is 0.571. The predicted molar refractivity (Wildman–Crippen MR) is 71.8 cm³/mol. The second-order valence-corrected chi connectivity index (χ2v) is 4.63. The summed E-state index contributed by atoms with van der Waals surface area (Å²) in [4.78, 5) is 2.33. The summed E-state index contributed by atoms with van der Waals surface area (Å²) in [5.74, 6) is 0.990. The zero-order valence-corrected chi connectivity index (χ0v) is 10.9. The van der Waals surface area contributed by atoms with E-state index in [2.05, 4.69) is 23.2 Å². The van der Waals surface area contributed by atoms with Gasteiger partial charge < -0.3 is 15.2 Å². The fourth-order valence-corrected chi connectivity index (χ4v) is 2.32. The number of fused-ring (bicyclic) bond motifs is 1. The molecule has 2 rings (SSSR count). The lowest BCUT2D eigenvalue weighted by Gasteiger charge is -2.25. The van der Waals surface area contributed by atoms with Crippen molar-refractivity contribution in [3.8, 4) is 5.75 Å². The van der Waals surface area contributed by atoms with Crippen molar-refractivity contribution in [2.45, 2.75) is 19.5 Å². The first kappa shape index (κ1) is 13.3. The van der Waals surface area contributed by atoms with Gasteiger partial charge in [-0.15, -0.1) is 0 Å². The zero-order valence-electron chi connectivity index (χ0n) is 10.9. The molecular weight excluding hydrogens is 228 g/mol. The smallest absolute Gasteiger partial charge is 0.123 e. The molecule has 1 atom stereocenters. The molecule has 2 N–H and O–H groups in total. The number of hydrogen-bond acceptors (Lipinski definition) is 4. The van der Waals surface area contributed by atoms with Crippen LogP contribution in [0.1, 0.15) is 12.5 Å². The van der Waals surface area contributed by atoms with Crippen LogP contribution in [0.15, 0.2) is 24.3 Å². The van der Waals surface area contributed by atoms with Crippen molar-refractivity contribution in [1.29, 1.82) is 0 Å². The maximum Gasteiger partial charge on any atom is 0.123 e. The Hall–Kier alpha value is -1.10. The normalized spacial score (nSPS) is 17.7. The molecule has 0 radical (unpaired) electrons. The van der Waals surface area contributed by atoms with Crippen LogP contribution in [0.25, 0.3) is 0 Å². The van der Waals surface area contributed by atoms with Crippen LogP contribution in [0.2, 0.25) is 0 Å². The number of nitrogens with one attached hydrogen (secondary N) is 1. The van der Waals surface area contributed by atoms with Gasteiger partial charge in [0.15, 0.2) is 0 Å². The molecular formula is C14H22N2O2. The first-order valence-electron chi connectivity index (χ1n) is 6.60. The quantitative estimate of drug-likeness (QED) is 0.813. The minimum atomic E-state index is 0.139. The van der Waals surface area contributed by atoms with Gasteiger partial charge in [0.25, 0.3) is 0 Å². The molecule has 0 aromatic heterocycles. The van der Waals surface area contributed by atoms with Gasteiger partial charge in [0.05, 0.1) is 6.61 Å². The molecule has 0 amide bonds. The van der Waals surface area contributed by atoms with E-state index in [9.17, 15) is 5.11 Å². The van der Waals surface area contributed by atoms with Gasteiger partial charge in [-0.2, -0.15) is 0 Å². The van der Waals surface area contributed by atoms with Crippen molar-refractivity contribution in [1.82, 2.24) is 10.2 Å². The molecule has 4 nitrogen and oxygen atoms in total. The van der Waals surface area contributed by atoms with E-state index in [1.165, 1.54) is 5.56 Å². The van der Waals surface area contributed by atoms with Crippen molar-refractivity contribution in [2.75, 3.05) is 32.8 Å². The Morgan fingerprint density at radius 3 is 3.06 bits per heavy atom. The van der Waals surface area contributed by atoms with Gasteiger partial charge in [0, 0.05) is 31.2 Å². The van der Waals surface area contributed by atoms with Gasteiger partial charge >= 0.3 is 0 Å². The van der Waals surface area contributed by atoms with Crippen LogP contribution in [-0.2, 0) is 6.54 Å². The van der Waals surface area contributed by atoms with E-state index in [1.807, 2.05) is 18.2 Å². The highest BCUT2D eigenvalue weighted by atomic mass is 16.5. The van der Waals surface area contributed by atoms with Gasteiger partial charge in [0.1, 0.15) is 12.4 Å². The number of rotatable bonds is 5. The third kappa shape index (κ3) is 3.45. The molecule has 100 valence electrons. The zero-order chi connectivity index (χ0) is 12.8. The molecule has 0 saturated carbocycles. The van der Waals surface area contributed by atoms with Crippen molar-refractivity contribution >= 4 is 0 Å². The third-order valence-electron chi connectivity index (χ3n) is 3.22. The first-order chi connectivity index (χ1) is 8.83. The highest BCUT2D eigenvalue weighted by Crippen LogP contribution is 2.22. The largest absolute Gasteiger partial charge is 0.492 e. The van der Waals surface area contributed by atoms with E-state index in [4.69, 9.17) is 4.74 Å². The molecule has 4 heteroatoms. The van der Waals surface area contributed by atoms with E-state index in [0.29, 0.717) is 6.61 Å². The average Bonchev–Trinajstić information content (AvgIpc) is 2.59. The third-order valence-corrected chi connectivity index (χ3v) is 3.22. The highest BCUT2D eigenvalue weighted by molar-refractivity contribution is 5.33.